The first-order chi connectivity index (χ1) is 15.2. The maximum atomic E-state index is 12.1. The summed E-state index contributed by atoms with van der Waals surface area (Å²) in [7, 11) is -3.77. The number of hydrogen-bond donors (Lipinski definition) is 3. The minimum atomic E-state index is -3.77. The lowest BCUT2D eigenvalue weighted by Crippen LogP contribution is -2.49. The Morgan fingerprint density at radius 2 is 1.81 bits per heavy atom. The molecule has 1 unspecified atom stereocenters. The first kappa shape index (κ1) is 23.5. The Balaban J connectivity index is 1.79. The van der Waals surface area contributed by atoms with E-state index in [4.69, 9.17) is 10.3 Å². The number of carbonyl (C=O) groups excluding carboxylic acids is 1. The number of hydroxylamine groups is 1. The maximum absolute atomic E-state index is 12.1. The van der Waals surface area contributed by atoms with Crippen LogP contribution in [-0.4, -0.2) is 52.0 Å². The number of benzene rings is 2. The fraction of sp³-hybridized carbons (Fsp3) is 0.304. The summed E-state index contributed by atoms with van der Waals surface area (Å²) in [6, 6.07) is 13.3. The maximum Gasteiger partial charge on any atom is 0.264 e. The van der Waals surface area contributed by atoms with Crippen molar-refractivity contribution in [1.82, 2.24) is 15.3 Å². The minimum Gasteiger partial charge on any atom is -0.396 e. The number of nitrogens with one attached hydrogen (secondary N) is 1. The molecule has 1 atom stereocenters. The van der Waals surface area contributed by atoms with Crippen LogP contribution in [0.4, 0.5) is 0 Å². The first-order valence-electron chi connectivity index (χ1n) is 9.99. The molecule has 9 heteroatoms. The van der Waals surface area contributed by atoms with Gasteiger partial charge in [0.25, 0.3) is 5.91 Å². The third kappa shape index (κ3) is 4.99. The largest absolute Gasteiger partial charge is 0.396 e. The van der Waals surface area contributed by atoms with Crippen LogP contribution in [-0.2, 0) is 27.6 Å². The Morgan fingerprint density at radius 1 is 1.16 bits per heavy atom. The smallest absolute Gasteiger partial charge is 0.264 e. The molecule has 0 aliphatic rings. The lowest BCUT2D eigenvalue weighted by Gasteiger charge is -2.25. The van der Waals surface area contributed by atoms with E-state index in [1.807, 2.05) is 42.5 Å². The van der Waals surface area contributed by atoms with Crippen molar-refractivity contribution < 1.29 is 23.5 Å². The van der Waals surface area contributed by atoms with Crippen LogP contribution in [0, 0.1) is 11.8 Å². The molecule has 0 radical (unpaired) electrons. The zero-order chi connectivity index (χ0) is 23.4. The third-order valence-corrected chi connectivity index (χ3v) is 7.57. The first-order valence-corrected chi connectivity index (χ1v) is 11.9. The van der Waals surface area contributed by atoms with Gasteiger partial charge in [-0.25, -0.2) is 13.9 Å². The van der Waals surface area contributed by atoms with E-state index >= 15 is 0 Å². The molecule has 1 heterocycles. The van der Waals surface area contributed by atoms with Crippen LogP contribution in [0.1, 0.15) is 30.0 Å². The third-order valence-electron chi connectivity index (χ3n) is 5.55. The van der Waals surface area contributed by atoms with Gasteiger partial charge in [0.05, 0.1) is 11.7 Å². The second-order valence-corrected chi connectivity index (χ2v) is 10.2. The molecular formula is C23H25N3O5S. The van der Waals surface area contributed by atoms with Gasteiger partial charge in [0, 0.05) is 35.9 Å². The second kappa shape index (κ2) is 9.53. The number of fused-ring (bicyclic) bond motifs is 1. The SMILES string of the molecule is CC(CCn1ncc2cc(C#Cc3ccc(CCO)cc3)ccc21)(C(=O)NO)S(C)(=O)=O. The number of sulfone groups is 1. The Hall–Kier alpha value is -3.19. The summed E-state index contributed by atoms with van der Waals surface area (Å²) in [5.41, 5.74) is 4.95. The van der Waals surface area contributed by atoms with Crippen LogP contribution in [0.3, 0.4) is 0 Å². The Bertz CT molecular complexity index is 1290. The van der Waals surface area contributed by atoms with E-state index in [1.165, 1.54) is 12.4 Å². The quantitative estimate of drug-likeness (QED) is 0.283. The van der Waals surface area contributed by atoms with Gasteiger partial charge in [-0.2, -0.15) is 5.10 Å². The molecule has 1 aromatic heterocycles. The monoisotopic (exact) mass is 455 g/mol. The number of rotatable bonds is 7. The van der Waals surface area contributed by atoms with Crippen molar-refractivity contribution in [3.8, 4) is 11.8 Å². The molecular weight excluding hydrogens is 430 g/mol. The highest BCUT2D eigenvalue weighted by Gasteiger charge is 2.43. The molecule has 0 saturated heterocycles. The molecule has 3 aromatic rings. The molecule has 0 spiro atoms. The minimum absolute atomic E-state index is 0.0527. The standard InChI is InChI=1S/C23H25N3O5S/c1-23(22(28)25-29,32(2,30)31)12-13-26-21-10-9-19(15-20(21)16-24-26)8-7-17-3-5-18(6-4-17)11-14-27/h3-6,9-10,15-16,27,29H,11-14H2,1-2H3,(H,25,28). The van der Waals surface area contributed by atoms with E-state index in [2.05, 4.69) is 16.9 Å². The summed E-state index contributed by atoms with van der Waals surface area (Å²) in [4.78, 5) is 12.0. The van der Waals surface area contributed by atoms with Crippen molar-refractivity contribution in [3.05, 3.63) is 65.4 Å². The summed E-state index contributed by atoms with van der Waals surface area (Å²) < 4.78 is 24.1. The predicted molar refractivity (Wildman–Crippen MR) is 121 cm³/mol. The van der Waals surface area contributed by atoms with Crippen molar-refractivity contribution in [3.63, 3.8) is 0 Å². The molecule has 0 saturated carbocycles. The van der Waals surface area contributed by atoms with Gasteiger partial charge in [0.2, 0.25) is 0 Å². The Morgan fingerprint density at radius 3 is 2.44 bits per heavy atom. The fourth-order valence-corrected chi connectivity index (χ4v) is 4.12. The summed E-state index contributed by atoms with van der Waals surface area (Å²) in [5, 5.41) is 23.1. The molecule has 2 aromatic carbocycles. The van der Waals surface area contributed by atoms with Gasteiger partial charge in [-0.15, -0.1) is 0 Å². The van der Waals surface area contributed by atoms with Gasteiger partial charge in [0.15, 0.2) is 14.6 Å². The molecule has 1 amide bonds. The zero-order valence-electron chi connectivity index (χ0n) is 17.9. The predicted octanol–water partition coefficient (Wildman–Crippen LogP) is 1.67. The van der Waals surface area contributed by atoms with Gasteiger partial charge in [-0.05, 0) is 55.7 Å². The molecule has 3 rings (SSSR count). The number of amides is 1. The molecule has 8 nitrogen and oxygen atoms in total. The number of carbonyl (C=O) groups is 1. The lowest BCUT2D eigenvalue weighted by molar-refractivity contribution is -0.131. The van der Waals surface area contributed by atoms with Gasteiger partial charge in [-0.3, -0.25) is 14.7 Å². The normalized spacial score (nSPS) is 13.2. The number of nitrogens with zero attached hydrogens (tertiary/aromatic N) is 2. The number of aryl methyl sites for hydroxylation is 1. The van der Waals surface area contributed by atoms with Crippen molar-refractivity contribution in [2.24, 2.45) is 0 Å². The number of aliphatic hydroxyl groups is 1. The van der Waals surface area contributed by atoms with Crippen LogP contribution in [0.25, 0.3) is 10.9 Å². The van der Waals surface area contributed by atoms with Crippen LogP contribution in [0.15, 0.2) is 48.7 Å². The van der Waals surface area contributed by atoms with E-state index in [1.54, 1.807) is 10.9 Å². The Labute approximate surface area is 186 Å². The van der Waals surface area contributed by atoms with E-state index in [0.717, 1.165) is 33.8 Å². The van der Waals surface area contributed by atoms with Gasteiger partial charge in [-0.1, -0.05) is 24.0 Å². The van der Waals surface area contributed by atoms with Crippen LogP contribution in [0.5, 0.6) is 0 Å². The lowest BCUT2D eigenvalue weighted by atomic mass is 10.1. The highest BCUT2D eigenvalue weighted by atomic mass is 32.2. The number of hydrogen-bond acceptors (Lipinski definition) is 6. The van der Waals surface area contributed by atoms with E-state index in [-0.39, 0.29) is 19.6 Å². The van der Waals surface area contributed by atoms with Crippen molar-refractivity contribution in [2.75, 3.05) is 12.9 Å². The molecule has 0 aliphatic heterocycles. The molecule has 3 N–H and O–H groups in total. The molecule has 168 valence electrons. The van der Waals surface area contributed by atoms with E-state index in [9.17, 15) is 13.2 Å². The van der Waals surface area contributed by atoms with Crippen molar-refractivity contribution in [1.29, 1.82) is 0 Å². The van der Waals surface area contributed by atoms with Gasteiger partial charge in [0.1, 0.15) is 0 Å². The number of aromatic nitrogens is 2. The Kier molecular flexibility index (Phi) is 6.99. The summed E-state index contributed by atoms with van der Waals surface area (Å²) in [6.07, 6.45) is 3.19. The molecule has 0 bridgehead atoms. The van der Waals surface area contributed by atoms with Gasteiger partial charge < -0.3 is 5.11 Å². The average Bonchev–Trinajstić information content (AvgIpc) is 3.18. The molecule has 0 fully saturated rings. The molecule has 32 heavy (non-hydrogen) atoms. The molecule has 0 aliphatic carbocycles. The van der Waals surface area contributed by atoms with E-state index < -0.39 is 20.5 Å². The highest BCUT2D eigenvalue weighted by Crippen LogP contribution is 2.24. The van der Waals surface area contributed by atoms with E-state index in [0.29, 0.717) is 6.42 Å². The van der Waals surface area contributed by atoms with Crippen LogP contribution >= 0.6 is 0 Å². The summed E-state index contributed by atoms with van der Waals surface area (Å²) in [6.45, 7) is 1.57. The van der Waals surface area contributed by atoms with Crippen LogP contribution < -0.4 is 5.48 Å². The topological polar surface area (TPSA) is 122 Å². The van der Waals surface area contributed by atoms with Gasteiger partial charge >= 0.3 is 0 Å². The summed E-state index contributed by atoms with van der Waals surface area (Å²) in [5.74, 6) is 5.25. The zero-order valence-corrected chi connectivity index (χ0v) is 18.7. The second-order valence-electron chi connectivity index (χ2n) is 7.76. The number of aliphatic hydroxyl groups excluding tert-OH is 1. The highest BCUT2D eigenvalue weighted by molar-refractivity contribution is 7.92. The van der Waals surface area contributed by atoms with Crippen molar-refractivity contribution >= 4 is 26.6 Å². The average molecular weight is 456 g/mol. The summed E-state index contributed by atoms with van der Waals surface area (Å²) >= 11 is 0. The van der Waals surface area contributed by atoms with Crippen LogP contribution in [0.2, 0.25) is 0 Å². The van der Waals surface area contributed by atoms with Crippen molar-refractivity contribution in [2.45, 2.75) is 31.1 Å². The fourth-order valence-electron chi connectivity index (χ4n) is 3.28.